The summed E-state index contributed by atoms with van der Waals surface area (Å²) in [7, 11) is 0. The number of hydrogen-bond acceptors (Lipinski definition) is 3. The van der Waals surface area contributed by atoms with Crippen LogP contribution in [0.1, 0.15) is 43.6 Å². The van der Waals surface area contributed by atoms with Crippen molar-refractivity contribution >= 4 is 5.91 Å². The van der Waals surface area contributed by atoms with E-state index in [0.29, 0.717) is 13.0 Å². The van der Waals surface area contributed by atoms with E-state index in [1.165, 1.54) is 11.1 Å². The molecular weight excluding hydrogens is 288 g/mol. The van der Waals surface area contributed by atoms with E-state index in [2.05, 4.69) is 31.1 Å². The molecule has 4 heteroatoms. The van der Waals surface area contributed by atoms with E-state index in [-0.39, 0.29) is 16.7 Å². The van der Waals surface area contributed by atoms with Crippen molar-refractivity contribution in [3.05, 3.63) is 53.4 Å². The topological polar surface area (TPSA) is 46.3 Å². The predicted molar refractivity (Wildman–Crippen MR) is 86.8 cm³/mol. The highest BCUT2D eigenvalue weighted by atomic mass is 16.5. The standard InChI is InChI=1S/C19H22N2O2/c1-18(2)12-19(8-15-10-20-23-17(15)18)9-16(22)21(13-19)11-14-6-4-3-5-7-14/h3-7,10H,8-9,11-13H2,1-2H3. The largest absolute Gasteiger partial charge is 0.361 e. The van der Waals surface area contributed by atoms with Gasteiger partial charge in [0.2, 0.25) is 5.91 Å². The summed E-state index contributed by atoms with van der Waals surface area (Å²) in [6, 6.07) is 10.2. The van der Waals surface area contributed by atoms with E-state index in [4.69, 9.17) is 4.52 Å². The van der Waals surface area contributed by atoms with Gasteiger partial charge in [0.05, 0.1) is 6.20 Å². The first-order valence-corrected chi connectivity index (χ1v) is 8.23. The fraction of sp³-hybridized carbons (Fsp3) is 0.474. The lowest BCUT2D eigenvalue weighted by atomic mass is 9.63. The van der Waals surface area contributed by atoms with Crippen molar-refractivity contribution in [1.29, 1.82) is 0 Å². The summed E-state index contributed by atoms with van der Waals surface area (Å²) in [4.78, 5) is 14.6. The van der Waals surface area contributed by atoms with Crippen molar-refractivity contribution < 1.29 is 9.32 Å². The normalized spacial score (nSPS) is 25.8. The number of aromatic nitrogens is 1. The van der Waals surface area contributed by atoms with Crippen molar-refractivity contribution in [3.8, 4) is 0 Å². The Balaban J connectivity index is 1.59. The number of nitrogens with zero attached hydrogens (tertiary/aromatic N) is 2. The fourth-order valence-corrected chi connectivity index (χ4v) is 4.59. The third-order valence-corrected chi connectivity index (χ3v) is 5.26. The van der Waals surface area contributed by atoms with Crippen LogP contribution in [0.2, 0.25) is 0 Å². The molecule has 4 rings (SSSR count). The van der Waals surface area contributed by atoms with Gasteiger partial charge in [-0.05, 0) is 18.4 Å². The number of fused-ring (bicyclic) bond motifs is 1. The van der Waals surface area contributed by atoms with Crippen LogP contribution < -0.4 is 0 Å². The van der Waals surface area contributed by atoms with Gasteiger partial charge in [-0.15, -0.1) is 0 Å². The summed E-state index contributed by atoms with van der Waals surface area (Å²) in [5, 5.41) is 3.99. The van der Waals surface area contributed by atoms with E-state index >= 15 is 0 Å². The molecule has 1 aromatic carbocycles. The summed E-state index contributed by atoms with van der Waals surface area (Å²) in [6.45, 7) is 5.93. The smallest absolute Gasteiger partial charge is 0.223 e. The van der Waals surface area contributed by atoms with Crippen molar-refractivity contribution in [3.63, 3.8) is 0 Å². The Morgan fingerprint density at radius 2 is 2.00 bits per heavy atom. The number of rotatable bonds is 2. The highest BCUT2D eigenvalue weighted by molar-refractivity contribution is 5.79. The quantitative estimate of drug-likeness (QED) is 0.855. The number of carbonyl (C=O) groups excluding carboxylic acids is 1. The first-order valence-electron chi connectivity index (χ1n) is 8.23. The SMILES string of the molecule is CC1(C)CC2(CC(=O)N(Cc3ccccc3)C2)Cc2cnoc21. The van der Waals surface area contributed by atoms with Gasteiger partial charge in [-0.3, -0.25) is 4.79 Å². The van der Waals surface area contributed by atoms with Gasteiger partial charge in [0.25, 0.3) is 0 Å². The maximum Gasteiger partial charge on any atom is 0.223 e. The summed E-state index contributed by atoms with van der Waals surface area (Å²) >= 11 is 0. The molecule has 0 bridgehead atoms. The molecule has 1 atom stereocenters. The molecule has 0 radical (unpaired) electrons. The van der Waals surface area contributed by atoms with E-state index < -0.39 is 0 Å². The predicted octanol–water partition coefficient (Wildman–Crippen LogP) is 3.32. The fourth-order valence-electron chi connectivity index (χ4n) is 4.59. The third-order valence-electron chi connectivity index (χ3n) is 5.26. The average molecular weight is 310 g/mol. The minimum absolute atomic E-state index is 0.0217. The summed E-state index contributed by atoms with van der Waals surface area (Å²) in [5.41, 5.74) is 2.33. The molecule has 0 N–H and O–H groups in total. The van der Waals surface area contributed by atoms with E-state index in [9.17, 15) is 4.79 Å². The first-order chi connectivity index (χ1) is 11.0. The minimum atomic E-state index is -0.0624. The van der Waals surface area contributed by atoms with Crippen molar-refractivity contribution in [2.75, 3.05) is 6.54 Å². The monoisotopic (exact) mass is 310 g/mol. The van der Waals surface area contributed by atoms with E-state index in [0.717, 1.165) is 25.1 Å². The molecule has 1 spiro atoms. The zero-order valence-corrected chi connectivity index (χ0v) is 13.7. The van der Waals surface area contributed by atoms with Gasteiger partial charge in [0.1, 0.15) is 5.76 Å². The molecule has 1 aromatic heterocycles. The molecule has 120 valence electrons. The highest BCUT2D eigenvalue weighted by Gasteiger charge is 2.51. The Kier molecular flexibility index (Phi) is 3.12. The van der Waals surface area contributed by atoms with E-state index in [1.54, 1.807) is 0 Å². The van der Waals surface area contributed by atoms with Crippen LogP contribution in [-0.2, 0) is 23.2 Å². The second kappa shape index (κ2) is 4.95. The van der Waals surface area contributed by atoms with Crippen LogP contribution in [-0.4, -0.2) is 22.5 Å². The Hall–Kier alpha value is -2.10. The Bertz CT molecular complexity index is 735. The maximum absolute atomic E-state index is 12.6. The van der Waals surface area contributed by atoms with Crippen LogP contribution in [0.3, 0.4) is 0 Å². The second-order valence-corrected chi connectivity index (χ2v) is 7.83. The molecule has 1 aliphatic heterocycles. The molecule has 1 unspecified atom stereocenters. The average Bonchev–Trinajstić information content (AvgIpc) is 3.06. The molecule has 23 heavy (non-hydrogen) atoms. The van der Waals surface area contributed by atoms with Crippen LogP contribution in [0.25, 0.3) is 0 Å². The Labute approximate surface area is 136 Å². The zero-order valence-electron chi connectivity index (χ0n) is 13.7. The van der Waals surface area contributed by atoms with Gasteiger partial charge in [-0.2, -0.15) is 0 Å². The minimum Gasteiger partial charge on any atom is -0.361 e. The van der Waals surface area contributed by atoms with Gasteiger partial charge in [-0.1, -0.05) is 49.3 Å². The van der Waals surface area contributed by atoms with Crippen LogP contribution in [0.5, 0.6) is 0 Å². The number of amides is 1. The lowest BCUT2D eigenvalue weighted by molar-refractivity contribution is -0.128. The van der Waals surface area contributed by atoms with E-state index in [1.807, 2.05) is 29.3 Å². The van der Waals surface area contributed by atoms with Gasteiger partial charge in [0.15, 0.2) is 0 Å². The molecule has 1 fully saturated rings. The summed E-state index contributed by atoms with van der Waals surface area (Å²) in [5.74, 6) is 1.27. The molecule has 1 saturated heterocycles. The first kappa shape index (κ1) is 14.5. The maximum atomic E-state index is 12.6. The third kappa shape index (κ3) is 2.46. The van der Waals surface area contributed by atoms with Crippen LogP contribution in [0.4, 0.5) is 0 Å². The van der Waals surface area contributed by atoms with Gasteiger partial charge in [0, 0.05) is 35.9 Å². The molecule has 1 amide bonds. The molecule has 4 nitrogen and oxygen atoms in total. The zero-order chi connectivity index (χ0) is 16.1. The van der Waals surface area contributed by atoms with Gasteiger partial charge in [-0.25, -0.2) is 0 Å². The second-order valence-electron chi connectivity index (χ2n) is 7.83. The van der Waals surface area contributed by atoms with Crippen molar-refractivity contribution in [2.24, 2.45) is 5.41 Å². The van der Waals surface area contributed by atoms with Crippen LogP contribution in [0.15, 0.2) is 41.1 Å². The Morgan fingerprint density at radius 1 is 1.22 bits per heavy atom. The lowest BCUT2D eigenvalue weighted by Crippen LogP contribution is -2.39. The summed E-state index contributed by atoms with van der Waals surface area (Å²) in [6.07, 6.45) is 4.34. The summed E-state index contributed by atoms with van der Waals surface area (Å²) < 4.78 is 5.47. The van der Waals surface area contributed by atoms with Crippen LogP contribution in [0, 0.1) is 5.41 Å². The van der Waals surface area contributed by atoms with Crippen molar-refractivity contribution in [2.45, 2.75) is 45.1 Å². The molecule has 2 aliphatic rings. The molecular formula is C19H22N2O2. The highest BCUT2D eigenvalue weighted by Crippen LogP contribution is 2.50. The van der Waals surface area contributed by atoms with Crippen LogP contribution >= 0.6 is 0 Å². The lowest BCUT2D eigenvalue weighted by Gasteiger charge is -2.40. The Morgan fingerprint density at radius 3 is 2.78 bits per heavy atom. The molecule has 0 saturated carbocycles. The number of hydrogen-bond donors (Lipinski definition) is 0. The van der Waals surface area contributed by atoms with Gasteiger partial charge < -0.3 is 9.42 Å². The number of carbonyl (C=O) groups is 1. The number of likely N-dealkylation sites (tertiary alicyclic amines) is 1. The van der Waals surface area contributed by atoms with Gasteiger partial charge >= 0.3 is 0 Å². The number of benzene rings is 1. The molecule has 1 aliphatic carbocycles. The molecule has 2 heterocycles. The molecule has 2 aromatic rings. The van der Waals surface area contributed by atoms with Crippen molar-refractivity contribution in [1.82, 2.24) is 10.1 Å².